The van der Waals surface area contributed by atoms with E-state index in [1.807, 2.05) is 4.52 Å². The minimum atomic E-state index is 0.527. The Morgan fingerprint density at radius 3 is 3.00 bits per heavy atom. The summed E-state index contributed by atoms with van der Waals surface area (Å²) in [6, 6.07) is 2.10. The van der Waals surface area contributed by atoms with Gasteiger partial charge in [0.05, 0.1) is 0 Å². The highest BCUT2D eigenvalue weighted by molar-refractivity contribution is 9.10. The van der Waals surface area contributed by atoms with Crippen molar-refractivity contribution >= 4 is 27.3 Å². The number of hydrogen-bond acceptors (Lipinski definition) is 3. The van der Waals surface area contributed by atoms with Gasteiger partial charge in [-0.25, -0.2) is 9.50 Å². The molecule has 2 aromatic heterocycles. The van der Waals surface area contributed by atoms with Crippen LogP contribution in [0.2, 0.25) is 0 Å². The van der Waals surface area contributed by atoms with Crippen LogP contribution in [0.3, 0.4) is 0 Å². The predicted molar refractivity (Wildman–Crippen MR) is 57.1 cm³/mol. The smallest absolute Gasteiger partial charge is 0.152 e. The summed E-state index contributed by atoms with van der Waals surface area (Å²) in [7, 11) is 0. The summed E-state index contributed by atoms with van der Waals surface area (Å²) < 4.78 is 2.88. The Bertz CT molecular complexity index is 501. The number of halogens is 1. The summed E-state index contributed by atoms with van der Waals surface area (Å²) in [5, 5.41) is 4.22. The summed E-state index contributed by atoms with van der Waals surface area (Å²) in [6.07, 6.45) is 4.01. The van der Waals surface area contributed by atoms with Gasteiger partial charge in [-0.15, -0.1) is 0 Å². The minimum Gasteiger partial charge on any atom is -0.382 e. The lowest BCUT2D eigenvalue weighted by atomic mass is 10.3. The molecule has 5 heteroatoms. The first-order valence-corrected chi connectivity index (χ1v) is 5.34. The lowest BCUT2D eigenvalue weighted by Gasteiger charge is -2.00. The number of anilines is 1. The molecule has 72 valence electrons. The zero-order chi connectivity index (χ0) is 9.71. The maximum absolute atomic E-state index is 5.79. The average Bonchev–Trinajstić information content (AvgIpc) is 2.93. The second-order valence-electron chi connectivity index (χ2n) is 3.60. The summed E-state index contributed by atoms with van der Waals surface area (Å²) in [4.78, 5) is 3.98. The molecule has 1 aliphatic rings. The van der Waals surface area contributed by atoms with E-state index in [2.05, 4.69) is 32.1 Å². The Morgan fingerprint density at radius 2 is 2.29 bits per heavy atom. The van der Waals surface area contributed by atoms with Crippen molar-refractivity contribution in [1.29, 1.82) is 0 Å². The van der Waals surface area contributed by atoms with Crippen LogP contribution >= 0.6 is 15.9 Å². The van der Waals surface area contributed by atoms with Crippen LogP contribution in [-0.2, 0) is 0 Å². The maximum Gasteiger partial charge on any atom is 0.152 e. The van der Waals surface area contributed by atoms with Crippen LogP contribution in [0.15, 0.2) is 16.9 Å². The van der Waals surface area contributed by atoms with Gasteiger partial charge in [-0.2, -0.15) is 5.10 Å². The second kappa shape index (κ2) is 2.70. The van der Waals surface area contributed by atoms with Gasteiger partial charge < -0.3 is 5.73 Å². The summed E-state index contributed by atoms with van der Waals surface area (Å²) in [5.41, 5.74) is 7.91. The Balaban J connectivity index is 2.37. The van der Waals surface area contributed by atoms with Gasteiger partial charge in [0.25, 0.3) is 0 Å². The third-order valence-corrected chi connectivity index (χ3v) is 3.16. The van der Waals surface area contributed by atoms with E-state index >= 15 is 0 Å². The topological polar surface area (TPSA) is 56.2 Å². The zero-order valence-electron chi connectivity index (χ0n) is 7.44. The Labute approximate surface area is 89.3 Å². The molecule has 14 heavy (non-hydrogen) atoms. The number of nitrogens with two attached hydrogens (primary N) is 1. The summed E-state index contributed by atoms with van der Waals surface area (Å²) in [6.45, 7) is 0. The molecule has 2 N–H and O–H groups in total. The molecule has 0 unspecified atom stereocenters. The SMILES string of the molecule is Nc1ncnn2c(C3CC3)cc(Br)c12. The lowest BCUT2D eigenvalue weighted by molar-refractivity contribution is 0.834. The number of nitrogen functional groups attached to an aromatic ring is 1. The first-order valence-electron chi connectivity index (χ1n) is 4.55. The van der Waals surface area contributed by atoms with E-state index in [4.69, 9.17) is 5.73 Å². The molecule has 0 saturated heterocycles. The van der Waals surface area contributed by atoms with E-state index in [1.54, 1.807) is 0 Å². The van der Waals surface area contributed by atoms with Gasteiger partial charge >= 0.3 is 0 Å². The lowest BCUT2D eigenvalue weighted by Crippen LogP contribution is -2.01. The number of hydrogen-bond donors (Lipinski definition) is 1. The van der Waals surface area contributed by atoms with Gasteiger partial charge in [0.1, 0.15) is 11.8 Å². The van der Waals surface area contributed by atoms with E-state index < -0.39 is 0 Å². The van der Waals surface area contributed by atoms with Crippen molar-refractivity contribution in [1.82, 2.24) is 14.6 Å². The van der Waals surface area contributed by atoms with Gasteiger partial charge in [-0.05, 0) is 34.8 Å². The van der Waals surface area contributed by atoms with Crippen LogP contribution in [0.5, 0.6) is 0 Å². The molecule has 0 aliphatic heterocycles. The van der Waals surface area contributed by atoms with Crippen molar-refractivity contribution in [2.75, 3.05) is 5.73 Å². The molecule has 4 nitrogen and oxygen atoms in total. The van der Waals surface area contributed by atoms with Crippen LogP contribution in [0.25, 0.3) is 5.52 Å². The van der Waals surface area contributed by atoms with Crippen molar-refractivity contribution in [2.45, 2.75) is 18.8 Å². The van der Waals surface area contributed by atoms with Crippen LogP contribution in [0, 0.1) is 0 Å². The molecular formula is C9H9BrN4. The number of rotatable bonds is 1. The molecule has 2 aromatic rings. The van der Waals surface area contributed by atoms with Crippen molar-refractivity contribution in [3.63, 3.8) is 0 Å². The van der Waals surface area contributed by atoms with Gasteiger partial charge in [-0.3, -0.25) is 0 Å². The molecule has 0 radical (unpaired) electrons. The van der Waals surface area contributed by atoms with Crippen molar-refractivity contribution in [3.8, 4) is 0 Å². The number of nitrogens with zero attached hydrogens (tertiary/aromatic N) is 3. The fraction of sp³-hybridized carbons (Fsp3) is 0.333. The molecular weight excluding hydrogens is 244 g/mol. The molecule has 0 atom stereocenters. The molecule has 0 amide bonds. The quantitative estimate of drug-likeness (QED) is 0.845. The van der Waals surface area contributed by atoms with Crippen molar-refractivity contribution in [3.05, 3.63) is 22.6 Å². The van der Waals surface area contributed by atoms with Crippen LogP contribution in [-0.4, -0.2) is 14.6 Å². The molecule has 0 spiro atoms. The fourth-order valence-electron chi connectivity index (χ4n) is 1.72. The number of aromatic nitrogens is 3. The largest absolute Gasteiger partial charge is 0.382 e. The normalized spacial score (nSPS) is 16.4. The monoisotopic (exact) mass is 252 g/mol. The standard InChI is InChI=1S/C9H9BrN4/c10-6-3-7(5-1-2-5)14-8(6)9(11)12-4-13-14/h3-5H,1-2H2,(H2,11,12,13). The van der Waals surface area contributed by atoms with E-state index in [9.17, 15) is 0 Å². The average molecular weight is 253 g/mol. The Morgan fingerprint density at radius 1 is 1.50 bits per heavy atom. The third kappa shape index (κ3) is 1.05. The summed E-state index contributed by atoms with van der Waals surface area (Å²) in [5.74, 6) is 1.18. The molecule has 1 aliphatic carbocycles. The van der Waals surface area contributed by atoms with Gasteiger partial charge in [0.2, 0.25) is 0 Å². The maximum atomic E-state index is 5.79. The van der Waals surface area contributed by atoms with E-state index in [0.29, 0.717) is 11.7 Å². The molecule has 1 fully saturated rings. The molecule has 3 rings (SSSR count). The van der Waals surface area contributed by atoms with Crippen molar-refractivity contribution < 1.29 is 0 Å². The highest BCUT2D eigenvalue weighted by Crippen LogP contribution is 2.42. The molecule has 2 heterocycles. The zero-order valence-corrected chi connectivity index (χ0v) is 9.03. The van der Waals surface area contributed by atoms with Crippen molar-refractivity contribution in [2.24, 2.45) is 0 Å². The number of fused-ring (bicyclic) bond motifs is 1. The second-order valence-corrected chi connectivity index (χ2v) is 4.45. The van der Waals surface area contributed by atoms with E-state index in [-0.39, 0.29) is 0 Å². The van der Waals surface area contributed by atoms with Gasteiger partial charge in [0, 0.05) is 16.1 Å². The highest BCUT2D eigenvalue weighted by atomic mass is 79.9. The van der Waals surface area contributed by atoms with Crippen LogP contribution in [0.1, 0.15) is 24.5 Å². The van der Waals surface area contributed by atoms with Gasteiger partial charge in [-0.1, -0.05) is 0 Å². The first kappa shape index (κ1) is 8.23. The first-order chi connectivity index (χ1) is 6.77. The van der Waals surface area contributed by atoms with E-state index in [0.717, 1.165) is 9.99 Å². The van der Waals surface area contributed by atoms with Gasteiger partial charge in [0.15, 0.2) is 5.82 Å². The summed E-state index contributed by atoms with van der Waals surface area (Å²) >= 11 is 3.48. The minimum absolute atomic E-state index is 0.527. The van der Waals surface area contributed by atoms with Crippen LogP contribution in [0.4, 0.5) is 5.82 Å². The Hall–Kier alpha value is -1.10. The predicted octanol–water partition coefficient (Wildman–Crippen LogP) is 1.95. The third-order valence-electron chi connectivity index (χ3n) is 2.56. The molecule has 1 saturated carbocycles. The molecule has 0 aromatic carbocycles. The molecule has 0 bridgehead atoms. The fourth-order valence-corrected chi connectivity index (χ4v) is 2.32. The highest BCUT2D eigenvalue weighted by Gasteiger charge is 2.28. The Kier molecular flexibility index (Phi) is 1.58. The van der Waals surface area contributed by atoms with E-state index in [1.165, 1.54) is 24.9 Å². The van der Waals surface area contributed by atoms with Crippen LogP contribution < -0.4 is 5.73 Å².